The third-order valence-corrected chi connectivity index (χ3v) is 10.1. The van der Waals surface area contributed by atoms with Gasteiger partial charge in [-0.1, -0.05) is 89.9 Å². The fourth-order valence-corrected chi connectivity index (χ4v) is 6.80. The zero-order chi connectivity index (χ0) is 38.9. The molecule has 1 atom stereocenters. The molecule has 0 bridgehead atoms. The molecule has 12 heteroatoms. The highest BCUT2D eigenvalue weighted by Crippen LogP contribution is 2.29. The second-order valence-electron chi connectivity index (χ2n) is 15.0. The number of Topliss-reactive ketones (excluding diaryl/α,β-unsaturated/α-hetero) is 2. The Morgan fingerprint density at radius 1 is 0.604 bits per heavy atom. The van der Waals surface area contributed by atoms with Crippen LogP contribution in [0, 0.1) is 11.8 Å². The van der Waals surface area contributed by atoms with E-state index >= 15 is 0 Å². The first kappa shape index (κ1) is 48.2. The van der Waals surface area contributed by atoms with E-state index in [1.165, 1.54) is 77.6 Å². The van der Waals surface area contributed by atoms with E-state index < -0.39 is 18.0 Å². The standard InChI is InChI=1S/C41H72N2O10/c1-33(44)32-53-30-29-52-28-18-19-36(45)26-27-37(41(50)51)43-40(49)35-24-22-34(23-25-35)31-42-38(46)20-16-14-12-10-8-6-4-2-3-5-7-9-11-13-15-17-21-39(47)48/h34-35,37H,2-32H2,1H3,(H,42,46)(H,43,49)(H,47,48)(H,50,51)/t34?,35?,37-/m0/s1. The first-order valence-corrected chi connectivity index (χ1v) is 20.8. The van der Waals surface area contributed by atoms with Crippen LogP contribution in [0.4, 0.5) is 0 Å². The maximum Gasteiger partial charge on any atom is 0.326 e. The van der Waals surface area contributed by atoms with Crippen molar-refractivity contribution >= 4 is 35.3 Å². The Kier molecular flexibility index (Phi) is 29.6. The molecule has 0 radical (unpaired) electrons. The molecule has 4 N–H and O–H groups in total. The molecule has 1 saturated carbocycles. The van der Waals surface area contributed by atoms with Crippen molar-refractivity contribution in [1.82, 2.24) is 10.6 Å². The number of carbonyl (C=O) groups excluding carboxylic acids is 4. The minimum atomic E-state index is -1.15. The van der Waals surface area contributed by atoms with E-state index in [0.717, 1.165) is 44.9 Å². The van der Waals surface area contributed by atoms with Crippen LogP contribution in [-0.2, 0) is 38.2 Å². The van der Waals surface area contributed by atoms with Crippen LogP contribution in [0.1, 0.15) is 174 Å². The number of carbonyl (C=O) groups is 6. The van der Waals surface area contributed by atoms with Gasteiger partial charge in [0.15, 0.2) is 5.78 Å². The monoisotopic (exact) mass is 753 g/mol. The zero-order valence-electron chi connectivity index (χ0n) is 32.8. The average Bonchev–Trinajstić information content (AvgIpc) is 3.12. The lowest BCUT2D eigenvalue weighted by Gasteiger charge is -2.28. The van der Waals surface area contributed by atoms with Crippen LogP contribution < -0.4 is 10.6 Å². The SMILES string of the molecule is CC(=O)COCCOCCCC(=O)CC[C@H](NC(=O)C1CCC(CNC(=O)CCCCCCCCCCCCCCCCCCC(=O)O)CC1)C(=O)O. The van der Waals surface area contributed by atoms with Crippen molar-refractivity contribution < 1.29 is 48.5 Å². The van der Waals surface area contributed by atoms with Gasteiger partial charge < -0.3 is 30.3 Å². The summed E-state index contributed by atoms with van der Waals surface area (Å²) >= 11 is 0. The molecule has 0 aliphatic heterocycles. The van der Waals surface area contributed by atoms with Crippen molar-refractivity contribution in [3.05, 3.63) is 0 Å². The maximum atomic E-state index is 12.8. The molecule has 12 nitrogen and oxygen atoms in total. The molecule has 1 aliphatic rings. The van der Waals surface area contributed by atoms with E-state index in [-0.39, 0.29) is 55.2 Å². The number of hydrogen-bond donors (Lipinski definition) is 4. The van der Waals surface area contributed by atoms with E-state index in [2.05, 4.69) is 10.6 Å². The predicted octanol–water partition coefficient (Wildman–Crippen LogP) is 7.34. The van der Waals surface area contributed by atoms with Gasteiger partial charge in [0.25, 0.3) is 0 Å². The number of ketones is 2. The van der Waals surface area contributed by atoms with Gasteiger partial charge >= 0.3 is 11.9 Å². The van der Waals surface area contributed by atoms with Crippen molar-refractivity contribution in [2.24, 2.45) is 11.8 Å². The van der Waals surface area contributed by atoms with Gasteiger partial charge in [0.05, 0.1) is 13.2 Å². The van der Waals surface area contributed by atoms with Gasteiger partial charge in [-0.05, 0) is 64.2 Å². The van der Waals surface area contributed by atoms with Gasteiger partial charge in [-0.3, -0.25) is 24.0 Å². The number of amides is 2. The number of aliphatic carboxylic acids is 2. The summed E-state index contributed by atoms with van der Waals surface area (Å²) in [6.45, 7) is 3.11. The van der Waals surface area contributed by atoms with E-state index in [1.54, 1.807) is 0 Å². The molecule has 0 unspecified atom stereocenters. The summed E-state index contributed by atoms with van der Waals surface area (Å²) in [6.07, 6.45) is 23.6. The Bertz CT molecular complexity index is 1030. The van der Waals surface area contributed by atoms with Crippen molar-refractivity contribution in [3.8, 4) is 0 Å². The van der Waals surface area contributed by atoms with Crippen LogP contribution in [0.25, 0.3) is 0 Å². The molecule has 1 rings (SSSR count). The molecule has 0 spiro atoms. The Morgan fingerprint density at radius 3 is 1.62 bits per heavy atom. The molecule has 53 heavy (non-hydrogen) atoms. The molecule has 0 aromatic heterocycles. The molecular formula is C41H72N2O10. The average molecular weight is 753 g/mol. The second-order valence-corrected chi connectivity index (χ2v) is 15.0. The molecule has 306 valence electrons. The van der Waals surface area contributed by atoms with Gasteiger partial charge in [0, 0.05) is 44.8 Å². The minimum Gasteiger partial charge on any atom is -0.481 e. The molecule has 0 aromatic rings. The van der Waals surface area contributed by atoms with Gasteiger partial charge in [0.1, 0.15) is 18.4 Å². The number of rotatable bonds is 36. The first-order valence-electron chi connectivity index (χ1n) is 20.8. The highest BCUT2D eigenvalue weighted by atomic mass is 16.5. The smallest absolute Gasteiger partial charge is 0.326 e. The van der Waals surface area contributed by atoms with Crippen molar-refractivity contribution in [2.75, 3.05) is 33.0 Å². The second kappa shape index (κ2) is 32.6. The van der Waals surface area contributed by atoms with Crippen molar-refractivity contribution in [2.45, 2.75) is 180 Å². The van der Waals surface area contributed by atoms with Crippen molar-refractivity contribution in [1.29, 1.82) is 0 Å². The lowest BCUT2D eigenvalue weighted by molar-refractivity contribution is -0.143. The Hall–Kier alpha value is -2.86. The quantitative estimate of drug-likeness (QED) is 0.0472. The molecule has 0 saturated heterocycles. The number of hydrogen-bond acceptors (Lipinski definition) is 8. The summed E-state index contributed by atoms with van der Waals surface area (Å²) in [5.74, 6) is -2.11. The summed E-state index contributed by atoms with van der Waals surface area (Å²) in [6, 6.07) is -1.11. The zero-order valence-corrected chi connectivity index (χ0v) is 32.8. The fourth-order valence-electron chi connectivity index (χ4n) is 6.80. The van der Waals surface area contributed by atoms with E-state index in [0.29, 0.717) is 64.4 Å². The topological polar surface area (TPSA) is 185 Å². The van der Waals surface area contributed by atoms with Crippen LogP contribution in [0.15, 0.2) is 0 Å². The minimum absolute atomic E-state index is 0.0460. The third-order valence-electron chi connectivity index (χ3n) is 10.1. The lowest BCUT2D eigenvalue weighted by Crippen LogP contribution is -2.45. The number of carboxylic acid groups (broad SMARTS) is 2. The largest absolute Gasteiger partial charge is 0.481 e. The van der Waals surface area contributed by atoms with E-state index in [4.69, 9.17) is 14.6 Å². The van der Waals surface area contributed by atoms with Crippen LogP contribution in [0.2, 0.25) is 0 Å². The summed E-state index contributed by atoms with van der Waals surface area (Å²) in [4.78, 5) is 70.6. The van der Waals surface area contributed by atoms with Gasteiger partial charge in [-0.2, -0.15) is 0 Å². The third kappa shape index (κ3) is 29.2. The van der Waals surface area contributed by atoms with E-state index in [1.807, 2.05) is 0 Å². The first-order chi connectivity index (χ1) is 25.6. The summed E-state index contributed by atoms with van der Waals surface area (Å²) in [5, 5.41) is 24.0. The molecule has 0 aromatic carbocycles. The fraction of sp³-hybridized carbons (Fsp3) is 0.854. The van der Waals surface area contributed by atoms with Crippen LogP contribution in [0.5, 0.6) is 0 Å². The highest BCUT2D eigenvalue weighted by Gasteiger charge is 2.29. The van der Waals surface area contributed by atoms with Gasteiger partial charge in [0.2, 0.25) is 11.8 Å². The number of carboxylic acids is 2. The summed E-state index contributed by atoms with van der Waals surface area (Å²) < 4.78 is 10.5. The summed E-state index contributed by atoms with van der Waals surface area (Å²) in [5.41, 5.74) is 0. The number of nitrogens with one attached hydrogen (secondary N) is 2. The van der Waals surface area contributed by atoms with Gasteiger partial charge in [-0.25, -0.2) is 4.79 Å². The number of ether oxygens (including phenoxy) is 2. The van der Waals surface area contributed by atoms with Crippen molar-refractivity contribution in [3.63, 3.8) is 0 Å². The normalized spacial score (nSPS) is 16.2. The predicted molar refractivity (Wildman–Crippen MR) is 205 cm³/mol. The molecule has 1 aliphatic carbocycles. The summed E-state index contributed by atoms with van der Waals surface area (Å²) in [7, 11) is 0. The van der Waals surface area contributed by atoms with Crippen LogP contribution in [0.3, 0.4) is 0 Å². The maximum absolute atomic E-state index is 12.8. The molecular weight excluding hydrogens is 680 g/mol. The lowest BCUT2D eigenvalue weighted by atomic mass is 9.81. The Morgan fingerprint density at radius 2 is 1.11 bits per heavy atom. The van der Waals surface area contributed by atoms with Gasteiger partial charge in [-0.15, -0.1) is 0 Å². The molecule has 0 heterocycles. The number of unbranched alkanes of at least 4 members (excludes halogenated alkanes) is 15. The molecule has 2 amide bonds. The highest BCUT2D eigenvalue weighted by molar-refractivity contribution is 5.86. The molecule has 1 fully saturated rings. The van der Waals surface area contributed by atoms with E-state index in [9.17, 15) is 33.9 Å². The Balaban J connectivity index is 2.01. The Labute approximate surface area is 318 Å². The van der Waals surface area contributed by atoms with Crippen LogP contribution in [-0.4, -0.2) is 84.5 Å². The van der Waals surface area contributed by atoms with Crippen LogP contribution >= 0.6 is 0 Å².